The molecule has 0 aliphatic carbocycles. The third kappa shape index (κ3) is 3.52. The van der Waals surface area contributed by atoms with Crippen LogP contribution >= 0.6 is 0 Å². The number of hydrogen-bond acceptors (Lipinski definition) is 0. The van der Waals surface area contributed by atoms with Crippen molar-refractivity contribution in [2.75, 3.05) is 0 Å². The first-order valence-corrected chi connectivity index (χ1v) is 5.15. The summed E-state index contributed by atoms with van der Waals surface area (Å²) in [6, 6.07) is 8.61. The molecule has 1 unspecified atom stereocenters. The Morgan fingerprint density at radius 2 is 1.88 bits per heavy atom. The molecule has 0 N–H and O–H groups in total. The van der Waals surface area contributed by atoms with E-state index in [-0.39, 0.29) is 27.6 Å². The molecule has 0 fully saturated rings. The second-order valence-electron chi connectivity index (χ2n) is 3.86. The fourth-order valence-corrected chi connectivity index (χ4v) is 1.74. The van der Waals surface area contributed by atoms with Gasteiger partial charge in [-0.25, -0.2) is 8.78 Å². The minimum atomic E-state index is -0.658. The third-order valence-corrected chi connectivity index (χ3v) is 2.57. The van der Waals surface area contributed by atoms with Crippen molar-refractivity contribution < 1.29 is 30.5 Å². The molecule has 0 spiro atoms. The molecule has 0 saturated carbocycles. The van der Waals surface area contributed by atoms with E-state index in [1.807, 2.05) is 36.0 Å². The average molecular weight is 268 g/mol. The molecule has 1 heterocycles. The summed E-state index contributed by atoms with van der Waals surface area (Å²) in [6.07, 6.45) is 3.84. The van der Waals surface area contributed by atoms with Gasteiger partial charge in [-0.3, -0.25) is 0 Å². The molecule has 0 radical (unpaired) electrons. The van der Waals surface area contributed by atoms with E-state index in [0.29, 0.717) is 12.1 Å². The van der Waals surface area contributed by atoms with Crippen LogP contribution < -0.4 is 0 Å². The minimum Gasteiger partial charge on any atom is -0.355 e. The monoisotopic (exact) mass is 268 g/mol. The van der Waals surface area contributed by atoms with E-state index in [2.05, 4.69) is 6.07 Å². The summed E-state index contributed by atoms with van der Waals surface area (Å²) in [7, 11) is 0. The predicted molar refractivity (Wildman–Crippen MR) is 58.0 cm³/mol. The summed E-state index contributed by atoms with van der Waals surface area (Å²) in [5.74, 6) is -1.27. The van der Waals surface area contributed by atoms with Crippen LogP contribution in [0.25, 0.3) is 0 Å². The van der Waals surface area contributed by atoms with Gasteiger partial charge in [0.2, 0.25) is 0 Å². The maximum atomic E-state index is 13.4. The second-order valence-corrected chi connectivity index (χ2v) is 3.86. The van der Waals surface area contributed by atoms with E-state index in [1.165, 1.54) is 12.1 Å². The van der Waals surface area contributed by atoms with Crippen molar-refractivity contribution in [1.82, 2.24) is 4.57 Å². The van der Waals surface area contributed by atoms with Gasteiger partial charge in [0.1, 0.15) is 0 Å². The standard InChI is InChI=1S/C13H12F2N.Ti/c1-10(9-16-6-2-3-7-16)12-5-4-11(14)8-13(12)15;/h2-7,10H,9H2,1H3;/q-1;. The third-order valence-electron chi connectivity index (χ3n) is 2.57. The second kappa shape index (κ2) is 6.13. The Morgan fingerprint density at radius 3 is 2.47 bits per heavy atom. The molecule has 1 nitrogen and oxygen atoms in total. The van der Waals surface area contributed by atoms with Gasteiger partial charge in [0, 0.05) is 52.3 Å². The van der Waals surface area contributed by atoms with E-state index in [1.54, 1.807) is 0 Å². The van der Waals surface area contributed by atoms with Gasteiger partial charge in [0.05, 0.1) is 0 Å². The molecule has 4 heteroatoms. The van der Waals surface area contributed by atoms with Crippen LogP contribution in [-0.4, -0.2) is 4.57 Å². The molecule has 1 aromatic carbocycles. The first-order valence-electron chi connectivity index (χ1n) is 5.15. The van der Waals surface area contributed by atoms with Crippen molar-refractivity contribution in [2.45, 2.75) is 19.4 Å². The first kappa shape index (κ1) is 14.1. The zero-order chi connectivity index (χ0) is 11.5. The smallest absolute Gasteiger partial charge is 0.0181 e. The van der Waals surface area contributed by atoms with Crippen molar-refractivity contribution in [3.05, 3.63) is 59.9 Å². The summed E-state index contributed by atoms with van der Waals surface area (Å²) >= 11 is 0. The minimum absolute atomic E-state index is 0. The fraction of sp³-hybridized carbons (Fsp3) is 0.231. The molecular weight excluding hydrogens is 256 g/mol. The molecule has 0 amide bonds. The Hall–Kier alpha value is -0.926. The summed E-state index contributed by atoms with van der Waals surface area (Å²) in [5.41, 5.74) is 0.495. The maximum Gasteiger partial charge on any atom is 0.0181 e. The average Bonchev–Trinajstić information content (AvgIpc) is 2.70. The van der Waals surface area contributed by atoms with Gasteiger partial charge in [-0.1, -0.05) is 6.92 Å². The van der Waals surface area contributed by atoms with Crippen LogP contribution in [0.15, 0.2) is 36.7 Å². The molecule has 0 bridgehead atoms. The Labute approximate surface area is 114 Å². The van der Waals surface area contributed by atoms with Crippen molar-refractivity contribution in [1.29, 1.82) is 0 Å². The molecule has 1 aromatic heterocycles. The van der Waals surface area contributed by atoms with Crippen molar-refractivity contribution in [2.24, 2.45) is 0 Å². The van der Waals surface area contributed by atoms with Gasteiger partial charge in [0.15, 0.2) is 0 Å². The number of halogens is 2. The Balaban J connectivity index is 0.00000144. The number of nitrogens with zero attached hydrogens (tertiary/aromatic N) is 1. The fourth-order valence-electron chi connectivity index (χ4n) is 1.74. The van der Waals surface area contributed by atoms with Gasteiger partial charge in [-0.2, -0.15) is 6.07 Å². The summed E-state index contributed by atoms with van der Waals surface area (Å²) < 4.78 is 28.1. The topological polar surface area (TPSA) is 4.93 Å². The molecule has 0 saturated heterocycles. The summed E-state index contributed by atoms with van der Waals surface area (Å²) in [6.45, 7) is 2.58. The number of benzene rings is 1. The maximum absolute atomic E-state index is 13.4. The van der Waals surface area contributed by atoms with Crippen molar-refractivity contribution in [3.63, 3.8) is 0 Å². The zero-order valence-corrected chi connectivity index (χ0v) is 11.0. The predicted octanol–water partition coefficient (Wildman–Crippen LogP) is 3.37. The van der Waals surface area contributed by atoms with Gasteiger partial charge in [-0.05, 0) is 18.1 Å². The zero-order valence-electron chi connectivity index (χ0n) is 9.45. The van der Waals surface area contributed by atoms with Crippen molar-refractivity contribution in [3.8, 4) is 0 Å². The summed E-state index contributed by atoms with van der Waals surface area (Å²) in [5, 5.41) is 0. The first-order chi connectivity index (χ1) is 7.66. The number of rotatable bonds is 3. The normalized spacial score (nSPS) is 11.9. The molecule has 88 valence electrons. The van der Waals surface area contributed by atoms with Crippen LogP contribution in [0.2, 0.25) is 0 Å². The molecule has 1 atom stereocenters. The van der Waals surface area contributed by atoms with E-state index < -0.39 is 11.6 Å². The van der Waals surface area contributed by atoms with E-state index in [4.69, 9.17) is 0 Å². The van der Waals surface area contributed by atoms with Gasteiger partial charge in [0.25, 0.3) is 0 Å². The van der Waals surface area contributed by atoms with Gasteiger partial charge >= 0.3 is 0 Å². The van der Waals surface area contributed by atoms with Crippen LogP contribution in [0.1, 0.15) is 18.4 Å². The molecule has 0 aliphatic heterocycles. The molecule has 2 rings (SSSR count). The van der Waals surface area contributed by atoms with Crippen LogP contribution in [0, 0.1) is 17.7 Å². The van der Waals surface area contributed by atoms with Crippen molar-refractivity contribution >= 4 is 0 Å². The number of hydrogen-bond donors (Lipinski definition) is 0. The SMILES string of the molecule is CC(Cn1cccc1)c1ccc(F)[c-]c1F.[Ti]. The van der Waals surface area contributed by atoms with Crippen LogP contribution in [-0.2, 0) is 28.3 Å². The molecule has 2 aromatic rings. The molecule has 17 heavy (non-hydrogen) atoms. The van der Waals surface area contributed by atoms with E-state index in [9.17, 15) is 8.78 Å². The van der Waals surface area contributed by atoms with Gasteiger partial charge in [-0.15, -0.1) is 17.7 Å². The molecular formula is C13H12F2NTi-. The summed E-state index contributed by atoms with van der Waals surface area (Å²) in [4.78, 5) is 0. The van der Waals surface area contributed by atoms with Crippen LogP contribution in [0.4, 0.5) is 8.78 Å². The molecule has 0 aliphatic rings. The Kier molecular flexibility index (Phi) is 5.10. The largest absolute Gasteiger partial charge is 0.355 e. The van der Waals surface area contributed by atoms with E-state index >= 15 is 0 Å². The van der Waals surface area contributed by atoms with E-state index in [0.717, 1.165) is 0 Å². The Morgan fingerprint density at radius 1 is 1.24 bits per heavy atom. The number of aromatic nitrogens is 1. The van der Waals surface area contributed by atoms with Crippen LogP contribution in [0.5, 0.6) is 0 Å². The van der Waals surface area contributed by atoms with Crippen LogP contribution in [0.3, 0.4) is 0 Å². The Bertz CT molecular complexity index is 468. The van der Waals surface area contributed by atoms with Gasteiger partial charge < -0.3 is 4.57 Å². The quantitative estimate of drug-likeness (QED) is 0.594.